The van der Waals surface area contributed by atoms with Crippen molar-refractivity contribution in [3.8, 4) is 5.75 Å². The van der Waals surface area contributed by atoms with Crippen LogP contribution in [-0.2, 0) is 14.8 Å². The Morgan fingerprint density at radius 1 is 1.04 bits per heavy atom. The van der Waals surface area contributed by atoms with Crippen molar-refractivity contribution in [2.45, 2.75) is 26.9 Å². The van der Waals surface area contributed by atoms with Crippen LogP contribution < -0.4 is 9.04 Å². The van der Waals surface area contributed by atoms with Gasteiger partial charge in [0.2, 0.25) is 0 Å². The summed E-state index contributed by atoms with van der Waals surface area (Å²) >= 11 is 12.5. The number of allylic oxidation sites excluding steroid dienone is 1. The lowest BCUT2D eigenvalue weighted by molar-refractivity contribution is -0.112. The number of amides is 1. The molecule has 0 fully saturated rings. The summed E-state index contributed by atoms with van der Waals surface area (Å²) in [5.74, 6) is -0.355. The van der Waals surface area contributed by atoms with E-state index in [1.165, 1.54) is 19.1 Å². The molecule has 1 aliphatic rings. The molecule has 142 valence electrons. The number of benzene rings is 2. The fourth-order valence-electron chi connectivity index (χ4n) is 2.82. The second-order valence-corrected chi connectivity index (χ2v) is 9.01. The monoisotopic (exact) mass is 425 g/mol. The van der Waals surface area contributed by atoms with E-state index in [1.54, 1.807) is 30.3 Å². The van der Waals surface area contributed by atoms with E-state index in [9.17, 15) is 13.2 Å². The average molecular weight is 426 g/mol. The Morgan fingerprint density at radius 2 is 1.67 bits per heavy atom. The molecule has 0 saturated heterocycles. The van der Waals surface area contributed by atoms with Gasteiger partial charge in [0.15, 0.2) is 0 Å². The molecule has 8 heteroatoms. The third-order valence-electron chi connectivity index (χ3n) is 4.02. The van der Waals surface area contributed by atoms with E-state index in [0.29, 0.717) is 15.6 Å². The molecule has 0 saturated carbocycles. The molecule has 2 aromatic rings. The topological polar surface area (TPSA) is 63.7 Å². The molecule has 1 aliphatic heterocycles. The predicted molar refractivity (Wildman–Crippen MR) is 108 cm³/mol. The first kappa shape index (κ1) is 19.7. The van der Waals surface area contributed by atoms with Crippen molar-refractivity contribution < 1.29 is 17.9 Å². The van der Waals surface area contributed by atoms with Gasteiger partial charge in [-0.05, 0) is 32.4 Å². The SMILES string of the molecule is CC1=C(c2ccccc2)C(=O)N(c2cc(Cl)c(OC(C)C)cc2Cl)S1(=O)=O. The highest BCUT2D eigenvalue weighted by Gasteiger charge is 2.43. The van der Waals surface area contributed by atoms with E-state index < -0.39 is 15.9 Å². The lowest BCUT2D eigenvalue weighted by atomic mass is 10.1. The van der Waals surface area contributed by atoms with Crippen LogP contribution in [0, 0.1) is 0 Å². The molecule has 0 spiro atoms. The van der Waals surface area contributed by atoms with E-state index in [1.807, 2.05) is 13.8 Å². The maximum atomic E-state index is 13.0. The Kier molecular flexibility index (Phi) is 5.25. The van der Waals surface area contributed by atoms with Crippen molar-refractivity contribution in [1.29, 1.82) is 0 Å². The summed E-state index contributed by atoms with van der Waals surface area (Å²) in [5, 5.41) is 0.214. The molecule has 1 heterocycles. The van der Waals surface area contributed by atoms with E-state index in [-0.39, 0.29) is 32.3 Å². The molecule has 2 aromatic carbocycles. The van der Waals surface area contributed by atoms with Gasteiger partial charge in [-0.3, -0.25) is 4.79 Å². The number of halogens is 2. The first-order valence-corrected chi connectivity index (χ1v) is 10.4. The number of ether oxygens (including phenoxy) is 1. The number of rotatable bonds is 4. The third kappa shape index (κ3) is 3.45. The molecule has 1 amide bonds. The van der Waals surface area contributed by atoms with Crippen molar-refractivity contribution in [2.75, 3.05) is 4.31 Å². The summed E-state index contributed by atoms with van der Waals surface area (Å²) in [6, 6.07) is 11.4. The van der Waals surface area contributed by atoms with Crippen LogP contribution in [0.4, 0.5) is 5.69 Å². The van der Waals surface area contributed by atoms with Crippen molar-refractivity contribution >= 4 is 50.4 Å². The minimum absolute atomic E-state index is 0.00643. The Labute approximate surface area is 168 Å². The van der Waals surface area contributed by atoms with Crippen LogP contribution in [0.2, 0.25) is 10.0 Å². The number of carbonyl (C=O) groups is 1. The molecule has 0 unspecified atom stereocenters. The minimum Gasteiger partial charge on any atom is -0.489 e. The van der Waals surface area contributed by atoms with E-state index >= 15 is 0 Å². The lowest BCUT2D eigenvalue weighted by Crippen LogP contribution is -2.31. The number of hydrogen-bond donors (Lipinski definition) is 0. The van der Waals surface area contributed by atoms with Gasteiger partial charge in [0.25, 0.3) is 15.9 Å². The second-order valence-electron chi connectivity index (χ2n) is 6.27. The molecule has 0 bridgehead atoms. The van der Waals surface area contributed by atoms with Crippen molar-refractivity contribution in [3.63, 3.8) is 0 Å². The fraction of sp³-hybridized carbons (Fsp3) is 0.211. The maximum absolute atomic E-state index is 13.0. The van der Waals surface area contributed by atoms with Crippen LogP contribution in [-0.4, -0.2) is 20.4 Å². The average Bonchev–Trinajstić information content (AvgIpc) is 2.76. The number of carbonyl (C=O) groups excluding carboxylic acids is 1. The van der Waals surface area contributed by atoms with E-state index in [0.717, 1.165) is 0 Å². The highest BCUT2D eigenvalue weighted by Crippen LogP contribution is 2.43. The quantitative estimate of drug-likeness (QED) is 0.699. The van der Waals surface area contributed by atoms with Gasteiger partial charge in [-0.15, -0.1) is 0 Å². The molecule has 0 atom stereocenters. The van der Waals surface area contributed by atoms with Gasteiger partial charge in [0.05, 0.1) is 32.3 Å². The zero-order valence-corrected chi connectivity index (χ0v) is 17.2. The molecule has 0 N–H and O–H groups in total. The summed E-state index contributed by atoms with van der Waals surface area (Å²) in [4.78, 5) is 13.0. The lowest BCUT2D eigenvalue weighted by Gasteiger charge is -2.20. The molecule has 3 rings (SSSR count). The first-order valence-electron chi connectivity index (χ1n) is 8.16. The van der Waals surface area contributed by atoms with E-state index in [4.69, 9.17) is 27.9 Å². The normalized spacial score (nSPS) is 16.4. The summed E-state index contributed by atoms with van der Waals surface area (Å²) in [5.41, 5.74) is 0.631. The van der Waals surface area contributed by atoms with Crippen molar-refractivity contribution in [1.82, 2.24) is 0 Å². The molecule has 0 aromatic heterocycles. The van der Waals surface area contributed by atoms with Gasteiger partial charge in [-0.1, -0.05) is 53.5 Å². The van der Waals surface area contributed by atoms with Crippen molar-refractivity contribution in [3.05, 3.63) is 63.0 Å². The fourth-order valence-corrected chi connectivity index (χ4v) is 4.76. The Bertz CT molecular complexity index is 1050. The van der Waals surface area contributed by atoms with E-state index in [2.05, 4.69) is 0 Å². The van der Waals surface area contributed by atoms with Crippen LogP contribution in [0.25, 0.3) is 5.57 Å². The molecule has 27 heavy (non-hydrogen) atoms. The third-order valence-corrected chi connectivity index (χ3v) is 6.44. The number of anilines is 1. The van der Waals surface area contributed by atoms with Crippen LogP contribution >= 0.6 is 23.2 Å². The Hall–Kier alpha value is -2.02. The summed E-state index contributed by atoms with van der Waals surface area (Å²) in [6.07, 6.45) is -0.143. The van der Waals surface area contributed by atoms with Gasteiger partial charge < -0.3 is 4.74 Å². The summed E-state index contributed by atoms with van der Waals surface area (Å²) in [6.45, 7) is 5.05. The smallest absolute Gasteiger partial charge is 0.274 e. The standard InChI is InChI=1S/C19H17Cl2NO4S/c1-11(2)26-17-10-14(20)16(9-15(17)21)22-19(23)18(12(3)27(22,24)25)13-7-5-4-6-8-13/h4-11H,1-3H3. The number of sulfonamides is 1. The van der Waals surface area contributed by atoms with Crippen LogP contribution in [0.1, 0.15) is 26.3 Å². The van der Waals surface area contributed by atoms with Crippen LogP contribution in [0.5, 0.6) is 5.75 Å². The second kappa shape index (κ2) is 7.19. The van der Waals surface area contributed by atoms with Gasteiger partial charge >= 0.3 is 0 Å². The van der Waals surface area contributed by atoms with Gasteiger partial charge in [0, 0.05) is 6.07 Å². The van der Waals surface area contributed by atoms with Gasteiger partial charge in [0.1, 0.15) is 5.75 Å². The summed E-state index contributed by atoms with van der Waals surface area (Å²) < 4.78 is 32.1. The maximum Gasteiger partial charge on any atom is 0.274 e. The summed E-state index contributed by atoms with van der Waals surface area (Å²) in [7, 11) is -4.06. The molecular formula is C19H17Cl2NO4S. The van der Waals surface area contributed by atoms with Gasteiger partial charge in [-0.2, -0.15) is 4.31 Å². The highest BCUT2D eigenvalue weighted by atomic mass is 35.5. The van der Waals surface area contributed by atoms with Crippen LogP contribution in [0.3, 0.4) is 0 Å². The minimum atomic E-state index is -4.06. The molecular weight excluding hydrogens is 409 g/mol. The number of hydrogen-bond acceptors (Lipinski definition) is 4. The largest absolute Gasteiger partial charge is 0.489 e. The molecule has 0 aliphatic carbocycles. The van der Waals surface area contributed by atoms with Gasteiger partial charge in [-0.25, -0.2) is 8.42 Å². The van der Waals surface area contributed by atoms with Crippen LogP contribution in [0.15, 0.2) is 47.4 Å². The Morgan fingerprint density at radius 3 is 2.26 bits per heavy atom. The first-order chi connectivity index (χ1) is 12.6. The predicted octanol–water partition coefficient (Wildman–Crippen LogP) is 4.89. The number of nitrogens with zero attached hydrogens (tertiary/aromatic N) is 1. The zero-order valence-electron chi connectivity index (χ0n) is 14.9. The molecule has 0 radical (unpaired) electrons. The zero-order chi connectivity index (χ0) is 19.9. The Balaban J connectivity index is 2.12. The highest BCUT2D eigenvalue weighted by molar-refractivity contribution is 7.98. The molecule has 5 nitrogen and oxygen atoms in total. The van der Waals surface area contributed by atoms with Crippen molar-refractivity contribution in [2.24, 2.45) is 0 Å².